The Morgan fingerprint density at radius 1 is 1.02 bits per heavy atom. The number of amides is 1. The van der Waals surface area contributed by atoms with Crippen LogP contribution in [0.5, 0.6) is 11.5 Å². The van der Waals surface area contributed by atoms with E-state index in [4.69, 9.17) is 4.74 Å². The third kappa shape index (κ3) is 6.32. The van der Waals surface area contributed by atoms with Crippen molar-refractivity contribution in [3.8, 4) is 11.5 Å². The van der Waals surface area contributed by atoms with Crippen molar-refractivity contribution in [1.82, 2.24) is 14.9 Å². The lowest BCUT2D eigenvalue weighted by Gasteiger charge is -2.35. The molecule has 10 heteroatoms. The minimum atomic E-state index is -0.639. The molecule has 42 heavy (non-hydrogen) atoms. The summed E-state index contributed by atoms with van der Waals surface area (Å²) in [5, 5.41) is 4.27. The van der Waals surface area contributed by atoms with Gasteiger partial charge >= 0.3 is 0 Å². The van der Waals surface area contributed by atoms with E-state index in [1.807, 2.05) is 58.0 Å². The van der Waals surface area contributed by atoms with Gasteiger partial charge in [0.1, 0.15) is 22.9 Å². The Hall–Kier alpha value is -4.21. The van der Waals surface area contributed by atoms with Gasteiger partial charge in [0, 0.05) is 43.8 Å². The molecule has 0 atom stereocenters. The molecule has 1 amide bonds. The minimum Gasteiger partial charge on any atom is -0.457 e. The number of nitrogens with zero attached hydrogens (tertiary/aromatic N) is 4. The summed E-state index contributed by atoms with van der Waals surface area (Å²) in [6.07, 6.45) is 4.97. The molecule has 1 aliphatic carbocycles. The zero-order chi connectivity index (χ0) is 28.3. The number of benzene rings is 3. The van der Waals surface area contributed by atoms with Crippen molar-refractivity contribution in [2.75, 3.05) is 37.6 Å². The monoisotopic (exact) mass is 589 g/mol. The maximum Gasteiger partial charge on any atom is 0.276 e. The summed E-state index contributed by atoms with van der Waals surface area (Å²) in [4.78, 5) is 30.9. The van der Waals surface area contributed by atoms with E-state index >= 15 is 4.39 Å². The summed E-state index contributed by atoms with van der Waals surface area (Å²) in [7, 11) is 0. The van der Waals surface area contributed by atoms with Crippen LogP contribution in [0.25, 0.3) is 10.9 Å². The molecule has 0 radical (unpaired) electrons. The Morgan fingerprint density at radius 3 is 2.48 bits per heavy atom. The number of piperazine rings is 1. The quantitative estimate of drug-likeness (QED) is 0.214. The maximum absolute atomic E-state index is 15.4. The van der Waals surface area contributed by atoms with Crippen molar-refractivity contribution < 1.29 is 13.9 Å². The Morgan fingerprint density at radius 2 is 1.76 bits per heavy atom. The van der Waals surface area contributed by atoms with Gasteiger partial charge in [-0.1, -0.05) is 37.3 Å². The number of aromatic nitrogens is 1. The second-order valence-corrected chi connectivity index (χ2v) is 10.4. The topological polar surface area (TPSA) is 79.2 Å². The number of fused-ring (bicyclic) bond motifs is 1. The largest absolute Gasteiger partial charge is 0.457 e. The number of halogens is 2. The smallest absolute Gasteiger partial charge is 0.276 e. The molecule has 8 nitrogen and oxygen atoms in total. The first kappa shape index (κ1) is 29.3. The summed E-state index contributed by atoms with van der Waals surface area (Å²) in [5.74, 6) is 0.247. The lowest BCUT2D eigenvalue weighted by molar-refractivity contribution is 0.0953. The summed E-state index contributed by atoms with van der Waals surface area (Å²) in [6.45, 7) is 6.28. The molecule has 6 rings (SSSR count). The number of carbonyl (C=O) groups excluding carboxylic acids is 1. The van der Waals surface area contributed by atoms with E-state index in [1.54, 1.807) is 18.3 Å². The van der Waals surface area contributed by atoms with Crippen molar-refractivity contribution in [1.29, 1.82) is 0 Å². The number of nitrogens with one attached hydrogen (secondary N) is 1. The normalized spacial score (nSPS) is 15.5. The van der Waals surface area contributed by atoms with Crippen LogP contribution in [0.3, 0.4) is 0 Å². The highest BCUT2D eigenvalue weighted by Gasteiger charge is 2.28. The van der Waals surface area contributed by atoms with Gasteiger partial charge in [-0.2, -0.15) is 5.10 Å². The second-order valence-electron chi connectivity index (χ2n) is 10.4. The van der Waals surface area contributed by atoms with Gasteiger partial charge in [0.2, 0.25) is 5.43 Å². The van der Waals surface area contributed by atoms with E-state index in [0.717, 1.165) is 45.6 Å². The highest BCUT2D eigenvalue weighted by molar-refractivity contribution is 5.98. The van der Waals surface area contributed by atoms with E-state index in [-0.39, 0.29) is 29.4 Å². The Bertz CT molecular complexity index is 1660. The van der Waals surface area contributed by atoms with Gasteiger partial charge in [-0.05, 0) is 61.3 Å². The van der Waals surface area contributed by atoms with Crippen LogP contribution in [0, 0.1) is 5.82 Å². The van der Waals surface area contributed by atoms with E-state index in [0.29, 0.717) is 28.3 Å². The second kappa shape index (κ2) is 12.8. The number of anilines is 1. The van der Waals surface area contributed by atoms with Crippen LogP contribution in [0.1, 0.15) is 41.7 Å². The third-order valence-corrected chi connectivity index (χ3v) is 7.66. The Kier molecular flexibility index (Phi) is 8.89. The number of para-hydroxylation sites is 1. The van der Waals surface area contributed by atoms with Crippen LogP contribution in [0.2, 0.25) is 0 Å². The molecule has 2 fully saturated rings. The third-order valence-electron chi connectivity index (χ3n) is 7.66. The van der Waals surface area contributed by atoms with Crippen molar-refractivity contribution in [3.63, 3.8) is 0 Å². The molecule has 3 aromatic carbocycles. The van der Waals surface area contributed by atoms with Gasteiger partial charge < -0.3 is 19.1 Å². The van der Waals surface area contributed by atoms with Crippen LogP contribution < -0.4 is 20.5 Å². The van der Waals surface area contributed by atoms with E-state index < -0.39 is 17.2 Å². The molecule has 1 aliphatic heterocycles. The highest BCUT2D eigenvalue weighted by atomic mass is 35.5. The fourth-order valence-electron chi connectivity index (χ4n) is 5.23. The molecule has 4 aromatic rings. The number of pyridine rings is 1. The molecule has 2 heterocycles. The lowest BCUT2D eigenvalue weighted by atomic mass is 10.1. The molecule has 2 aliphatic rings. The Balaban J connectivity index is 0.00000353. The predicted octanol–water partition coefficient (Wildman–Crippen LogP) is 5.60. The maximum atomic E-state index is 15.4. The first-order valence-corrected chi connectivity index (χ1v) is 14.0. The SMILES string of the molecule is CCN1CCN(c2cc3c(cc2F)c(=O)c(C(=O)N/N=C\c2cccc(Oc4ccccc4)c2)cn3C2CC2)CC1.Cl. The van der Waals surface area contributed by atoms with Gasteiger partial charge in [0.25, 0.3) is 5.91 Å². The number of hydrogen-bond donors (Lipinski definition) is 1. The highest BCUT2D eigenvalue weighted by Crippen LogP contribution is 2.38. The van der Waals surface area contributed by atoms with Crippen molar-refractivity contribution in [2.45, 2.75) is 25.8 Å². The number of likely N-dealkylation sites (N-methyl/N-ethyl adjacent to an activating group) is 1. The standard InChI is InChI=1S/C32H32FN5O3.ClH/c1-2-36-13-15-37(16-14-36)30-19-29-26(18-28(30)33)31(39)27(21-38(29)23-11-12-23)32(40)35-34-20-22-7-6-10-25(17-22)41-24-8-4-3-5-9-24;/h3-10,17-21,23H,2,11-16H2,1H3,(H,35,40);1H/b34-20-;. The summed E-state index contributed by atoms with van der Waals surface area (Å²) in [5.41, 5.74) is 3.76. The molecule has 0 spiro atoms. The molecule has 1 saturated heterocycles. The molecule has 1 aromatic heterocycles. The van der Waals surface area contributed by atoms with Crippen molar-refractivity contribution in [3.05, 3.63) is 100 Å². The molecule has 0 unspecified atom stereocenters. The van der Waals surface area contributed by atoms with Gasteiger partial charge in [0.15, 0.2) is 0 Å². The van der Waals surface area contributed by atoms with Crippen LogP contribution in [0.4, 0.5) is 10.1 Å². The van der Waals surface area contributed by atoms with Crippen molar-refractivity contribution >= 4 is 41.1 Å². The fourth-order valence-corrected chi connectivity index (χ4v) is 5.23. The number of hydrazone groups is 1. The van der Waals surface area contributed by atoms with Gasteiger partial charge in [-0.25, -0.2) is 9.82 Å². The zero-order valence-electron chi connectivity index (χ0n) is 23.3. The first-order valence-electron chi connectivity index (χ1n) is 14.0. The first-order chi connectivity index (χ1) is 20.0. The van der Waals surface area contributed by atoms with Crippen LogP contribution in [0.15, 0.2) is 82.8 Å². The molecular formula is C32H33ClFN5O3. The van der Waals surface area contributed by atoms with E-state index in [1.165, 1.54) is 12.3 Å². The summed E-state index contributed by atoms with van der Waals surface area (Å²) < 4.78 is 23.2. The molecule has 1 saturated carbocycles. The lowest BCUT2D eigenvalue weighted by Crippen LogP contribution is -2.46. The van der Waals surface area contributed by atoms with Gasteiger partial charge in [0.05, 0.1) is 17.4 Å². The minimum absolute atomic E-state index is 0. The average Bonchev–Trinajstić information content (AvgIpc) is 3.84. The number of ether oxygens (including phenoxy) is 1. The van der Waals surface area contributed by atoms with Gasteiger partial charge in [-0.15, -0.1) is 12.4 Å². The van der Waals surface area contributed by atoms with Crippen LogP contribution >= 0.6 is 12.4 Å². The molecule has 218 valence electrons. The molecular weight excluding hydrogens is 557 g/mol. The average molecular weight is 590 g/mol. The van der Waals surface area contributed by atoms with Crippen LogP contribution in [-0.4, -0.2) is 54.3 Å². The van der Waals surface area contributed by atoms with E-state index in [2.05, 4.69) is 22.4 Å². The number of hydrogen-bond acceptors (Lipinski definition) is 6. The molecule has 0 bridgehead atoms. The van der Waals surface area contributed by atoms with Crippen molar-refractivity contribution in [2.24, 2.45) is 5.10 Å². The van der Waals surface area contributed by atoms with E-state index in [9.17, 15) is 9.59 Å². The summed E-state index contributed by atoms with van der Waals surface area (Å²) >= 11 is 0. The predicted molar refractivity (Wildman–Crippen MR) is 166 cm³/mol. The fraction of sp³-hybridized carbons (Fsp3) is 0.281. The molecule has 1 N–H and O–H groups in total. The Labute approximate surface area is 249 Å². The van der Waals surface area contributed by atoms with Crippen LogP contribution in [-0.2, 0) is 0 Å². The number of rotatable bonds is 8. The zero-order valence-corrected chi connectivity index (χ0v) is 24.1. The number of carbonyl (C=O) groups is 1. The summed E-state index contributed by atoms with van der Waals surface area (Å²) in [6, 6.07) is 19.9. The van der Waals surface area contributed by atoms with Gasteiger partial charge in [-0.3, -0.25) is 9.59 Å².